The van der Waals surface area contributed by atoms with Gasteiger partial charge in [-0.15, -0.1) is 0 Å². The Morgan fingerprint density at radius 3 is 2.79 bits per heavy atom. The van der Waals surface area contributed by atoms with Crippen LogP contribution in [0.25, 0.3) is 16.8 Å². The molecular formula is C18H21N3O3. The number of nitrogens with zero attached hydrogens (tertiary/aromatic N) is 3. The Bertz CT molecular complexity index is 745. The van der Waals surface area contributed by atoms with Crippen molar-refractivity contribution in [3.63, 3.8) is 0 Å². The van der Waals surface area contributed by atoms with Gasteiger partial charge in [-0.05, 0) is 44.9 Å². The van der Waals surface area contributed by atoms with Crippen LogP contribution < -0.4 is 0 Å². The van der Waals surface area contributed by atoms with E-state index in [9.17, 15) is 4.79 Å². The molecule has 24 heavy (non-hydrogen) atoms. The van der Waals surface area contributed by atoms with E-state index in [2.05, 4.69) is 9.97 Å². The maximum Gasteiger partial charge on any atom is 0.410 e. The predicted octanol–water partition coefficient (Wildman–Crippen LogP) is 3.76. The Balaban J connectivity index is 1.71. The highest BCUT2D eigenvalue weighted by molar-refractivity contribution is 5.71. The standard InChI is InChI=1S/C18H21N3O3/c1-18(2,3)24-17(22)21-9-5-13(6-10-21)16-19-8-4-15(20-16)14-7-11-23-12-14/h4-5,7-8,11-12H,6,9-10H2,1-3H3. The molecule has 0 saturated carbocycles. The molecule has 1 aliphatic rings. The third-order valence-electron chi connectivity index (χ3n) is 3.62. The fourth-order valence-corrected chi connectivity index (χ4v) is 2.45. The van der Waals surface area contributed by atoms with Crippen LogP contribution in [0.3, 0.4) is 0 Å². The second-order valence-corrected chi connectivity index (χ2v) is 6.68. The summed E-state index contributed by atoms with van der Waals surface area (Å²) in [6, 6.07) is 3.72. The van der Waals surface area contributed by atoms with Crippen molar-refractivity contribution in [3.8, 4) is 11.3 Å². The fraction of sp³-hybridized carbons (Fsp3) is 0.389. The molecule has 0 aromatic carbocycles. The number of ether oxygens (including phenoxy) is 1. The molecule has 0 aliphatic carbocycles. The van der Waals surface area contributed by atoms with Crippen molar-refractivity contribution in [1.82, 2.24) is 14.9 Å². The van der Waals surface area contributed by atoms with E-state index in [1.807, 2.05) is 39.0 Å². The van der Waals surface area contributed by atoms with Crippen molar-refractivity contribution in [2.24, 2.45) is 0 Å². The minimum atomic E-state index is -0.483. The van der Waals surface area contributed by atoms with E-state index in [-0.39, 0.29) is 6.09 Å². The van der Waals surface area contributed by atoms with Crippen molar-refractivity contribution in [1.29, 1.82) is 0 Å². The highest BCUT2D eigenvalue weighted by Gasteiger charge is 2.24. The number of furan rings is 1. The van der Waals surface area contributed by atoms with E-state index in [1.54, 1.807) is 23.6 Å². The lowest BCUT2D eigenvalue weighted by Crippen LogP contribution is -2.39. The summed E-state index contributed by atoms with van der Waals surface area (Å²) < 4.78 is 10.5. The van der Waals surface area contributed by atoms with E-state index < -0.39 is 5.60 Å². The first-order valence-electron chi connectivity index (χ1n) is 7.95. The molecule has 2 aromatic heterocycles. The van der Waals surface area contributed by atoms with Crippen LogP contribution in [0.4, 0.5) is 4.79 Å². The third-order valence-corrected chi connectivity index (χ3v) is 3.62. The van der Waals surface area contributed by atoms with Gasteiger partial charge >= 0.3 is 6.09 Å². The Kier molecular flexibility index (Phi) is 4.38. The van der Waals surface area contributed by atoms with Gasteiger partial charge < -0.3 is 14.1 Å². The number of hydrogen-bond acceptors (Lipinski definition) is 5. The minimum Gasteiger partial charge on any atom is -0.472 e. The predicted molar refractivity (Wildman–Crippen MR) is 90.1 cm³/mol. The average molecular weight is 327 g/mol. The number of carbonyl (C=O) groups excluding carboxylic acids is 1. The number of rotatable bonds is 2. The number of carbonyl (C=O) groups is 1. The molecule has 1 aliphatic heterocycles. The molecule has 0 radical (unpaired) electrons. The van der Waals surface area contributed by atoms with Crippen molar-refractivity contribution >= 4 is 11.7 Å². The Morgan fingerprint density at radius 1 is 1.33 bits per heavy atom. The van der Waals surface area contributed by atoms with Crippen molar-refractivity contribution in [2.45, 2.75) is 32.8 Å². The zero-order valence-electron chi connectivity index (χ0n) is 14.2. The molecule has 0 atom stereocenters. The minimum absolute atomic E-state index is 0.286. The molecule has 126 valence electrons. The zero-order chi connectivity index (χ0) is 17.2. The molecule has 3 heterocycles. The second-order valence-electron chi connectivity index (χ2n) is 6.68. The van der Waals surface area contributed by atoms with Gasteiger partial charge in [0.15, 0.2) is 5.82 Å². The van der Waals surface area contributed by atoms with E-state index in [0.29, 0.717) is 25.3 Å². The molecule has 1 amide bonds. The molecule has 0 unspecified atom stereocenters. The van der Waals surface area contributed by atoms with Crippen molar-refractivity contribution in [3.05, 3.63) is 42.8 Å². The largest absolute Gasteiger partial charge is 0.472 e. The normalized spacial score (nSPS) is 15.1. The summed E-state index contributed by atoms with van der Waals surface area (Å²) in [5, 5.41) is 0. The lowest BCUT2D eigenvalue weighted by Gasteiger charge is -2.29. The summed E-state index contributed by atoms with van der Waals surface area (Å²) in [5.74, 6) is 0.692. The lowest BCUT2D eigenvalue weighted by molar-refractivity contribution is 0.0270. The molecule has 2 aromatic rings. The van der Waals surface area contributed by atoms with Crippen molar-refractivity contribution < 1.29 is 13.9 Å². The van der Waals surface area contributed by atoms with Crippen LogP contribution in [0.2, 0.25) is 0 Å². The van der Waals surface area contributed by atoms with Gasteiger partial charge in [-0.1, -0.05) is 6.08 Å². The van der Waals surface area contributed by atoms with E-state index in [4.69, 9.17) is 9.15 Å². The monoisotopic (exact) mass is 327 g/mol. The first-order chi connectivity index (χ1) is 11.4. The molecule has 0 bridgehead atoms. The van der Waals surface area contributed by atoms with Gasteiger partial charge in [0.2, 0.25) is 0 Å². The zero-order valence-corrected chi connectivity index (χ0v) is 14.2. The summed E-state index contributed by atoms with van der Waals surface area (Å²) >= 11 is 0. The van der Waals surface area contributed by atoms with Gasteiger partial charge in [-0.25, -0.2) is 14.8 Å². The summed E-state index contributed by atoms with van der Waals surface area (Å²) in [6.07, 6.45) is 7.43. The van der Waals surface area contributed by atoms with Crippen LogP contribution >= 0.6 is 0 Å². The molecule has 3 rings (SSSR count). The second kappa shape index (κ2) is 6.47. The van der Waals surface area contributed by atoms with Crippen LogP contribution in [0, 0.1) is 0 Å². The summed E-state index contributed by atoms with van der Waals surface area (Å²) in [7, 11) is 0. The molecule has 0 fully saturated rings. The average Bonchev–Trinajstić information content (AvgIpc) is 3.08. The summed E-state index contributed by atoms with van der Waals surface area (Å²) in [6.45, 7) is 6.70. The van der Waals surface area contributed by atoms with Crippen LogP contribution in [-0.4, -0.2) is 39.7 Å². The third kappa shape index (κ3) is 3.82. The quantitative estimate of drug-likeness (QED) is 0.840. The summed E-state index contributed by atoms with van der Waals surface area (Å²) in [4.78, 5) is 22.7. The highest BCUT2D eigenvalue weighted by atomic mass is 16.6. The lowest BCUT2D eigenvalue weighted by atomic mass is 10.1. The van der Waals surface area contributed by atoms with Crippen LogP contribution in [-0.2, 0) is 4.74 Å². The highest BCUT2D eigenvalue weighted by Crippen LogP contribution is 2.23. The Hall–Kier alpha value is -2.63. The fourth-order valence-electron chi connectivity index (χ4n) is 2.45. The summed E-state index contributed by atoms with van der Waals surface area (Å²) in [5.41, 5.74) is 2.30. The number of aromatic nitrogens is 2. The topological polar surface area (TPSA) is 68.5 Å². The van der Waals surface area contributed by atoms with Gasteiger partial charge in [0.25, 0.3) is 0 Å². The van der Waals surface area contributed by atoms with E-state index in [0.717, 1.165) is 16.8 Å². The van der Waals surface area contributed by atoms with Gasteiger partial charge in [0.05, 0.1) is 18.2 Å². The molecular weight excluding hydrogens is 306 g/mol. The first kappa shape index (κ1) is 16.2. The van der Waals surface area contributed by atoms with Gasteiger partial charge in [0, 0.05) is 24.8 Å². The van der Waals surface area contributed by atoms with Crippen molar-refractivity contribution in [2.75, 3.05) is 13.1 Å². The number of hydrogen-bond donors (Lipinski definition) is 0. The van der Waals surface area contributed by atoms with E-state index >= 15 is 0 Å². The van der Waals surface area contributed by atoms with E-state index in [1.165, 1.54) is 0 Å². The van der Waals surface area contributed by atoms with Crippen LogP contribution in [0.1, 0.15) is 33.0 Å². The Morgan fingerprint density at radius 2 is 2.17 bits per heavy atom. The maximum absolute atomic E-state index is 12.1. The number of amides is 1. The smallest absolute Gasteiger partial charge is 0.410 e. The SMILES string of the molecule is CC(C)(C)OC(=O)N1CC=C(c2nccc(-c3ccoc3)n2)CC1. The first-order valence-corrected chi connectivity index (χ1v) is 7.95. The van der Waals surface area contributed by atoms with Gasteiger partial charge in [-0.2, -0.15) is 0 Å². The Labute approximate surface area is 141 Å². The molecule has 0 saturated heterocycles. The molecule has 6 nitrogen and oxygen atoms in total. The van der Waals surface area contributed by atoms with Crippen LogP contribution in [0.5, 0.6) is 0 Å². The van der Waals surface area contributed by atoms with Gasteiger partial charge in [-0.3, -0.25) is 0 Å². The van der Waals surface area contributed by atoms with Crippen LogP contribution in [0.15, 0.2) is 41.3 Å². The molecule has 6 heteroatoms. The molecule has 0 N–H and O–H groups in total. The van der Waals surface area contributed by atoms with Gasteiger partial charge in [0.1, 0.15) is 5.60 Å². The maximum atomic E-state index is 12.1. The molecule has 0 spiro atoms.